The van der Waals surface area contributed by atoms with Crippen molar-refractivity contribution >= 4 is 50.9 Å². The molecule has 5 rings (SSSR count). The van der Waals surface area contributed by atoms with E-state index >= 15 is 0 Å². The summed E-state index contributed by atoms with van der Waals surface area (Å²) in [5.74, 6) is 0.456. The van der Waals surface area contributed by atoms with E-state index in [1.165, 1.54) is 0 Å². The summed E-state index contributed by atoms with van der Waals surface area (Å²) >= 11 is 15.9. The van der Waals surface area contributed by atoms with Crippen molar-refractivity contribution in [2.45, 2.75) is 37.6 Å². The molecule has 242 valence electrons. The van der Waals surface area contributed by atoms with Gasteiger partial charge < -0.3 is 14.6 Å². The molecule has 0 bridgehead atoms. The number of aliphatic hydroxyl groups is 1. The molecule has 1 amide bonds. The number of ether oxygens (including phenoxy) is 2. The van der Waals surface area contributed by atoms with E-state index in [9.17, 15) is 4.79 Å². The Morgan fingerprint density at radius 1 is 1.06 bits per heavy atom. The molecule has 13 heteroatoms. The second-order valence-corrected chi connectivity index (χ2v) is 12.5. The zero-order chi connectivity index (χ0) is 33.2. The van der Waals surface area contributed by atoms with Gasteiger partial charge in [-0.15, -0.1) is 0 Å². The maximum Gasteiger partial charge on any atom is 0.266 e. The summed E-state index contributed by atoms with van der Waals surface area (Å²) < 4.78 is 13.2. The van der Waals surface area contributed by atoms with Crippen LogP contribution >= 0.6 is 39.1 Å². The van der Waals surface area contributed by atoms with E-state index in [2.05, 4.69) is 36.8 Å². The predicted molar refractivity (Wildman–Crippen MR) is 185 cm³/mol. The molecule has 0 aliphatic carbocycles. The van der Waals surface area contributed by atoms with E-state index in [0.717, 1.165) is 15.6 Å². The molecule has 1 aliphatic heterocycles. The molecule has 0 unspecified atom stereocenters. The average molecular weight is 738 g/mol. The summed E-state index contributed by atoms with van der Waals surface area (Å²) in [7, 11) is 0. The number of azide groups is 1. The SMILES string of the molecule is [N-]=[N+]=NCc1ccccc1[C@@H]1OC(c2ccc(OCCCO)cc2)=N[C@]1(Cc1ccc(Br)cc1)C(=O)NNCc1ccc(Cl)cc1Cl. The van der Waals surface area contributed by atoms with Crippen molar-refractivity contribution in [3.63, 3.8) is 0 Å². The van der Waals surface area contributed by atoms with Crippen molar-refractivity contribution in [1.82, 2.24) is 10.9 Å². The Morgan fingerprint density at radius 2 is 1.83 bits per heavy atom. The van der Waals surface area contributed by atoms with Gasteiger partial charge in [0.1, 0.15) is 5.75 Å². The van der Waals surface area contributed by atoms with Gasteiger partial charge in [0.25, 0.3) is 5.91 Å². The fraction of sp³-hybridized carbons (Fsp3) is 0.235. The third-order valence-corrected chi connectivity index (χ3v) is 8.67. The summed E-state index contributed by atoms with van der Waals surface area (Å²) in [6.07, 6.45) is -0.199. The number of halogens is 3. The maximum absolute atomic E-state index is 14.5. The zero-order valence-corrected chi connectivity index (χ0v) is 28.2. The van der Waals surface area contributed by atoms with Crippen LogP contribution in [0.25, 0.3) is 10.4 Å². The third-order valence-electron chi connectivity index (χ3n) is 7.55. The van der Waals surface area contributed by atoms with Gasteiger partial charge in [-0.3, -0.25) is 10.2 Å². The molecule has 1 aliphatic rings. The van der Waals surface area contributed by atoms with Crippen molar-refractivity contribution in [2.24, 2.45) is 10.1 Å². The Bertz CT molecular complexity index is 1780. The number of nitrogens with zero attached hydrogens (tertiary/aromatic N) is 4. The van der Waals surface area contributed by atoms with E-state index in [1.807, 2.05) is 60.7 Å². The summed E-state index contributed by atoms with van der Waals surface area (Å²) in [4.78, 5) is 22.5. The van der Waals surface area contributed by atoms with Crippen molar-refractivity contribution < 1.29 is 19.4 Å². The zero-order valence-electron chi connectivity index (χ0n) is 25.1. The van der Waals surface area contributed by atoms with Crippen LogP contribution in [0.3, 0.4) is 0 Å². The lowest BCUT2D eigenvalue weighted by molar-refractivity contribution is -0.130. The number of carbonyl (C=O) groups excluding carboxylic acids is 1. The lowest BCUT2D eigenvalue weighted by atomic mass is 9.81. The first kappa shape index (κ1) is 34.3. The first-order valence-electron chi connectivity index (χ1n) is 14.7. The van der Waals surface area contributed by atoms with Gasteiger partial charge in [0.15, 0.2) is 11.6 Å². The summed E-state index contributed by atoms with van der Waals surface area (Å²) in [5, 5.41) is 13.8. The number of aliphatic imine (C=N–C) groups is 1. The molecule has 10 nitrogen and oxygen atoms in total. The van der Waals surface area contributed by atoms with Crippen LogP contribution in [0.15, 0.2) is 106 Å². The molecule has 47 heavy (non-hydrogen) atoms. The normalized spacial score (nSPS) is 16.9. The molecule has 1 heterocycles. The van der Waals surface area contributed by atoms with Crippen molar-refractivity contribution in [1.29, 1.82) is 0 Å². The minimum Gasteiger partial charge on any atom is -0.494 e. The lowest BCUT2D eigenvalue weighted by Crippen LogP contribution is -2.53. The maximum atomic E-state index is 14.5. The Morgan fingerprint density at radius 3 is 2.55 bits per heavy atom. The van der Waals surface area contributed by atoms with Crippen LogP contribution in [0.1, 0.15) is 40.3 Å². The second kappa shape index (κ2) is 16.1. The Hall–Kier alpha value is -4.09. The van der Waals surface area contributed by atoms with Crippen LogP contribution in [0.4, 0.5) is 0 Å². The van der Waals surface area contributed by atoms with Gasteiger partial charge in [-0.05, 0) is 76.3 Å². The molecule has 4 aromatic rings. The Balaban J connectivity index is 1.56. The standard InChI is InChI=1S/C34H31BrCl2N6O4/c35-26-11-6-22(7-12-26)19-34(33(45)42-39-21-25-8-13-27(36)18-30(25)37)31(29-5-2-1-4-24(29)20-40-43-38)47-32(41-34)23-9-14-28(15-10-23)46-17-3-16-44/h1-2,4-15,18,31,39,44H,3,16-17,19-21H2,(H,42,45)/t31-,34-/m0/s1. The van der Waals surface area contributed by atoms with Crippen LogP contribution in [0.2, 0.25) is 10.0 Å². The largest absolute Gasteiger partial charge is 0.494 e. The second-order valence-electron chi connectivity index (χ2n) is 10.7. The highest BCUT2D eigenvalue weighted by Gasteiger charge is 2.54. The lowest BCUT2D eigenvalue weighted by Gasteiger charge is -2.32. The number of hydrazine groups is 1. The summed E-state index contributed by atoms with van der Waals surface area (Å²) in [6.45, 7) is 0.700. The first-order valence-corrected chi connectivity index (χ1v) is 16.3. The van der Waals surface area contributed by atoms with E-state index in [1.54, 1.807) is 30.3 Å². The number of carbonyl (C=O) groups is 1. The molecule has 2 atom stereocenters. The van der Waals surface area contributed by atoms with Gasteiger partial charge in [0, 0.05) is 51.0 Å². The fourth-order valence-corrected chi connectivity index (χ4v) is 5.95. The van der Waals surface area contributed by atoms with Crippen LogP contribution in [0, 0.1) is 0 Å². The van der Waals surface area contributed by atoms with E-state index in [4.69, 9.17) is 48.3 Å². The minimum absolute atomic E-state index is 0.0371. The monoisotopic (exact) mass is 736 g/mol. The third kappa shape index (κ3) is 8.44. The molecule has 0 spiro atoms. The van der Waals surface area contributed by atoms with Gasteiger partial charge in [0.2, 0.25) is 5.90 Å². The topological polar surface area (TPSA) is 141 Å². The van der Waals surface area contributed by atoms with Gasteiger partial charge >= 0.3 is 0 Å². The van der Waals surface area contributed by atoms with E-state index in [0.29, 0.717) is 45.5 Å². The van der Waals surface area contributed by atoms with Crippen molar-refractivity contribution in [3.05, 3.63) is 144 Å². The highest BCUT2D eigenvalue weighted by Crippen LogP contribution is 2.44. The summed E-state index contributed by atoms with van der Waals surface area (Å²) in [5.41, 5.74) is 17.1. The highest BCUT2D eigenvalue weighted by molar-refractivity contribution is 9.10. The number of hydrogen-bond acceptors (Lipinski definition) is 7. The molecular weight excluding hydrogens is 707 g/mol. The molecule has 0 saturated heterocycles. The molecule has 0 aromatic heterocycles. The minimum atomic E-state index is -1.50. The van der Waals surface area contributed by atoms with Gasteiger partial charge in [-0.25, -0.2) is 10.4 Å². The van der Waals surface area contributed by atoms with Crippen LogP contribution in [-0.4, -0.2) is 35.7 Å². The quantitative estimate of drug-likeness (QED) is 0.0401. The number of hydrogen-bond donors (Lipinski definition) is 3. The molecule has 0 saturated carbocycles. The predicted octanol–water partition coefficient (Wildman–Crippen LogP) is 7.65. The molecule has 0 fully saturated rings. The Labute approximate surface area is 290 Å². The smallest absolute Gasteiger partial charge is 0.266 e. The highest BCUT2D eigenvalue weighted by atomic mass is 79.9. The van der Waals surface area contributed by atoms with Crippen LogP contribution in [0.5, 0.6) is 5.75 Å². The van der Waals surface area contributed by atoms with Crippen LogP contribution < -0.4 is 15.6 Å². The molecule has 0 radical (unpaired) electrons. The molecule has 3 N–H and O–H groups in total. The number of amides is 1. The molecule has 4 aromatic carbocycles. The van der Waals surface area contributed by atoms with Crippen molar-refractivity contribution in [2.75, 3.05) is 13.2 Å². The number of aliphatic hydroxyl groups excluding tert-OH is 1. The molecular formula is C34H31BrCl2N6O4. The van der Waals surface area contributed by atoms with Gasteiger partial charge in [-0.1, -0.05) is 86.7 Å². The fourth-order valence-electron chi connectivity index (χ4n) is 5.21. The van der Waals surface area contributed by atoms with Gasteiger partial charge in [-0.2, -0.15) is 0 Å². The average Bonchev–Trinajstić information content (AvgIpc) is 3.46. The number of rotatable bonds is 14. The summed E-state index contributed by atoms with van der Waals surface area (Å²) in [6, 6.07) is 27.4. The van der Waals surface area contributed by atoms with Gasteiger partial charge in [0.05, 0.1) is 13.2 Å². The Kier molecular flexibility index (Phi) is 11.8. The first-order chi connectivity index (χ1) is 22.8. The van der Waals surface area contributed by atoms with Crippen LogP contribution in [-0.2, 0) is 29.0 Å². The van der Waals surface area contributed by atoms with Crippen molar-refractivity contribution in [3.8, 4) is 5.75 Å². The number of nitrogens with one attached hydrogen (secondary N) is 2. The van der Waals surface area contributed by atoms with E-state index < -0.39 is 17.6 Å². The van der Waals surface area contributed by atoms with E-state index in [-0.39, 0.29) is 32.0 Å². The number of benzene rings is 4.